The Hall–Kier alpha value is -0.890. The first-order valence-electron chi connectivity index (χ1n) is 8.87. The molecular formula is C19H34ClNO5. The fourth-order valence-corrected chi connectivity index (χ4v) is 1.93. The Balaban J connectivity index is 0.00000625. The van der Waals surface area contributed by atoms with Crippen molar-refractivity contribution < 1.29 is 24.1 Å². The number of halogens is 1. The molecule has 1 aromatic carbocycles. The smallest absolute Gasteiger partial charge is 0.147 e. The molecule has 1 rings (SSSR count). The minimum absolute atomic E-state index is 0. The highest BCUT2D eigenvalue weighted by atomic mass is 35.5. The lowest BCUT2D eigenvalue weighted by molar-refractivity contribution is -0.0806. The first-order valence-corrected chi connectivity index (χ1v) is 8.87. The summed E-state index contributed by atoms with van der Waals surface area (Å²) in [5.41, 5.74) is 1.04. The maximum atomic E-state index is 9.82. The fraction of sp³-hybridized carbons (Fsp3) is 0.684. The molecule has 0 amide bonds. The van der Waals surface area contributed by atoms with Gasteiger partial charge in [-0.05, 0) is 31.5 Å². The molecule has 1 unspecified atom stereocenters. The first-order chi connectivity index (χ1) is 12.0. The van der Waals surface area contributed by atoms with Crippen molar-refractivity contribution in [3.8, 4) is 5.75 Å². The normalized spacial score (nSPS) is 12.3. The molecule has 152 valence electrons. The quantitative estimate of drug-likeness (QED) is 0.375. The predicted octanol–water partition coefficient (Wildman–Crippen LogP) is 2.76. The van der Waals surface area contributed by atoms with Gasteiger partial charge in [-0.1, -0.05) is 26.0 Å². The van der Waals surface area contributed by atoms with Crippen LogP contribution in [0.1, 0.15) is 33.3 Å². The summed E-state index contributed by atoms with van der Waals surface area (Å²) >= 11 is 0. The zero-order valence-electron chi connectivity index (χ0n) is 16.3. The third kappa shape index (κ3) is 13.3. The third-order valence-corrected chi connectivity index (χ3v) is 3.24. The fourth-order valence-electron chi connectivity index (χ4n) is 1.93. The molecule has 0 radical (unpaired) electrons. The van der Waals surface area contributed by atoms with Gasteiger partial charge in [0.1, 0.15) is 25.3 Å². The monoisotopic (exact) mass is 391 g/mol. The van der Waals surface area contributed by atoms with E-state index in [1.165, 1.54) is 0 Å². The van der Waals surface area contributed by atoms with E-state index in [2.05, 4.69) is 5.32 Å². The van der Waals surface area contributed by atoms with E-state index in [0.717, 1.165) is 11.3 Å². The van der Waals surface area contributed by atoms with Crippen LogP contribution in [0.15, 0.2) is 24.3 Å². The lowest BCUT2D eigenvalue weighted by atomic mass is 10.2. The van der Waals surface area contributed by atoms with E-state index in [1.807, 2.05) is 52.0 Å². The van der Waals surface area contributed by atoms with E-state index in [4.69, 9.17) is 18.9 Å². The van der Waals surface area contributed by atoms with Crippen LogP contribution >= 0.6 is 12.4 Å². The zero-order chi connectivity index (χ0) is 18.5. The molecule has 0 aliphatic carbocycles. The number of aliphatic hydroxyl groups excluding tert-OH is 1. The number of aliphatic hydroxyl groups is 1. The number of hydrogen-bond acceptors (Lipinski definition) is 6. The highest BCUT2D eigenvalue weighted by Gasteiger charge is 2.06. The molecule has 0 fully saturated rings. The van der Waals surface area contributed by atoms with E-state index in [1.54, 1.807) is 0 Å². The van der Waals surface area contributed by atoms with Gasteiger partial charge < -0.3 is 29.4 Å². The van der Waals surface area contributed by atoms with Crippen molar-refractivity contribution in [3.63, 3.8) is 0 Å². The molecule has 0 saturated carbocycles. The van der Waals surface area contributed by atoms with Crippen molar-refractivity contribution in [2.75, 3.05) is 33.2 Å². The summed E-state index contributed by atoms with van der Waals surface area (Å²) in [5.74, 6) is 0.731. The highest BCUT2D eigenvalue weighted by molar-refractivity contribution is 5.85. The SMILES string of the molecule is CC(C)NCC(O)COc1ccc(COCOCCOC(C)C)cc1.Cl. The van der Waals surface area contributed by atoms with Gasteiger partial charge in [-0.2, -0.15) is 0 Å². The van der Waals surface area contributed by atoms with Crippen molar-refractivity contribution in [2.24, 2.45) is 0 Å². The minimum Gasteiger partial charge on any atom is -0.491 e. The molecule has 6 nitrogen and oxygen atoms in total. The molecule has 0 spiro atoms. The molecule has 0 bridgehead atoms. The second-order valence-electron chi connectivity index (χ2n) is 6.47. The van der Waals surface area contributed by atoms with Gasteiger partial charge in [-0.3, -0.25) is 0 Å². The lowest BCUT2D eigenvalue weighted by Crippen LogP contribution is -2.35. The standard InChI is InChI=1S/C19H33NO5.ClH/c1-15(2)20-11-18(21)13-25-19-7-5-17(6-8-19)12-23-14-22-9-10-24-16(3)4;/h5-8,15-16,18,20-21H,9-14H2,1-4H3;1H. The summed E-state index contributed by atoms with van der Waals surface area (Å²) < 4.78 is 21.7. The predicted molar refractivity (Wildman–Crippen MR) is 105 cm³/mol. The maximum absolute atomic E-state index is 9.82. The first kappa shape index (κ1) is 25.1. The molecule has 26 heavy (non-hydrogen) atoms. The molecule has 1 aromatic rings. The van der Waals surface area contributed by atoms with Gasteiger partial charge in [0.05, 0.1) is 25.9 Å². The molecular weight excluding hydrogens is 358 g/mol. The van der Waals surface area contributed by atoms with E-state index >= 15 is 0 Å². The molecule has 0 heterocycles. The van der Waals surface area contributed by atoms with Crippen molar-refractivity contribution in [1.82, 2.24) is 5.32 Å². The maximum Gasteiger partial charge on any atom is 0.147 e. The van der Waals surface area contributed by atoms with Crippen LogP contribution in [0, 0.1) is 0 Å². The Morgan fingerprint density at radius 1 is 1.00 bits per heavy atom. The van der Waals surface area contributed by atoms with E-state index in [-0.39, 0.29) is 31.9 Å². The number of rotatable bonds is 14. The van der Waals surface area contributed by atoms with Gasteiger partial charge in [0.15, 0.2) is 0 Å². The van der Waals surface area contributed by atoms with Crippen LogP contribution in [-0.2, 0) is 20.8 Å². The summed E-state index contributed by atoms with van der Waals surface area (Å²) in [6.45, 7) is 10.7. The van der Waals surface area contributed by atoms with Crippen LogP contribution in [0.5, 0.6) is 5.75 Å². The van der Waals surface area contributed by atoms with Gasteiger partial charge in [-0.15, -0.1) is 12.4 Å². The van der Waals surface area contributed by atoms with E-state index in [0.29, 0.717) is 32.4 Å². The van der Waals surface area contributed by atoms with Gasteiger partial charge in [0.25, 0.3) is 0 Å². The molecule has 7 heteroatoms. The number of hydrogen-bond donors (Lipinski definition) is 2. The average Bonchev–Trinajstić information content (AvgIpc) is 2.58. The minimum atomic E-state index is -0.526. The van der Waals surface area contributed by atoms with Gasteiger partial charge >= 0.3 is 0 Å². The third-order valence-electron chi connectivity index (χ3n) is 3.24. The largest absolute Gasteiger partial charge is 0.491 e. The van der Waals surface area contributed by atoms with Crippen LogP contribution < -0.4 is 10.1 Å². The number of benzene rings is 1. The number of ether oxygens (including phenoxy) is 4. The topological polar surface area (TPSA) is 69.2 Å². The van der Waals surface area contributed by atoms with Crippen LogP contribution in [-0.4, -0.2) is 56.5 Å². The lowest BCUT2D eigenvalue weighted by Gasteiger charge is -2.15. The second-order valence-corrected chi connectivity index (χ2v) is 6.47. The molecule has 0 aliphatic heterocycles. The zero-order valence-corrected chi connectivity index (χ0v) is 17.1. The van der Waals surface area contributed by atoms with Crippen molar-refractivity contribution in [3.05, 3.63) is 29.8 Å². The highest BCUT2D eigenvalue weighted by Crippen LogP contribution is 2.13. The molecule has 0 aliphatic rings. The Morgan fingerprint density at radius 3 is 2.31 bits per heavy atom. The summed E-state index contributed by atoms with van der Waals surface area (Å²) in [6, 6.07) is 7.98. The van der Waals surface area contributed by atoms with Crippen LogP contribution in [0.3, 0.4) is 0 Å². The van der Waals surface area contributed by atoms with E-state index < -0.39 is 6.10 Å². The van der Waals surface area contributed by atoms with Gasteiger partial charge in [0.2, 0.25) is 0 Å². The summed E-state index contributed by atoms with van der Waals surface area (Å²) in [5, 5.41) is 13.0. The summed E-state index contributed by atoms with van der Waals surface area (Å²) in [7, 11) is 0. The Morgan fingerprint density at radius 2 is 1.69 bits per heavy atom. The summed E-state index contributed by atoms with van der Waals surface area (Å²) in [4.78, 5) is 0. The van der Waals surface area contributed by atoms with Crippen molar-refractivity contribution >= 4 is 12.4 Å². The molecule has 0 saturated heterocycles. The summed E-state index contributed by atoms with van der Waals surface area (Å²) in [6.07, 6.45) is -0.305. The van der Waals surface area contributed by atoms with Crippen LogP contribution in [0.4, 0.5) is 0 Å². The van der Waals surface area contributed by atoms with Crippen molar-refractivity contribution in [1.29, 1.82) is 0 Å². The van der Waals surface area contributed by atoms with E-state index in [9.17, 15) is 5.11 Å². The average molecular weight is 392 g/mol. The second kappa shape index (κ2) is 15.2. The molecule has 0 aromatic heterocycles. The Labute approximate surface area is 163 Å². The van der Waals surface area contributed by atoms with Gasteiger partial charge in [0, 0.05) is 12.6 Å². The van der Waals surface area contributed by atoms with Crippen LogP contribution in [0.25, 0.3) is 0 Å². The number of nitrogens with one attached hydrogen (secondary N) is 1. The van der Waals surface area contributed by atoms with Crippen molar-refractivity contribution in [2.45, 2.75) is 52.6 Å². The van der Waals surface area contributed by atoms with Gasteiger partial charge in [-0.25, -0.2) is 0 Å². The Kier molecular flexibility index (Phi) is 14.7. The molecule has 2 N–H and O–H groups in total. The van der Waals surface area contributed by atoms with Crippen LogP contribution in [0.2, 0.25) is 0 Å². The Bertz CT molecular complexity index is 442. The molecule has 1 atom stereocenters.